The number of aliphatic hydroxyl groups is 3. The lowest BCUT2D eigenvalue weighted by molar-refractivity contribution is 0.296. The smallest absolute Gasteiger partial charge is 0.0452 e. The molecule has 0 bridgehead atoms. The molecule has 342 valence electrons. The second kappa shape index (κ2) is 35.8. The van der Waals surface area contributed by atoms with E-state index in [1.807, 2.05) is 18.2 Å². The zero-order chi connectivity index (χ0) is 40.5. The molecule has 3 fully saturated rings. The fourth-order valence-electron chi connectivity index (χ4n) is 6.49. The maximum absolute atomic E-state index is 8.83. The van der Waals surface area contributed by atoms with Gasteiger partial charge in [-0.2, -0.15) is 0 Å². The number of thioether (sulfide) groups is 3. The van der Waals surface area contributed by atoms with E-state index in [9.17, 15) is 0 Å². The molecule has 3 unspecified atom stereocenters. The van der Waals surface area contributed by atoms with Crippen molar-refractivity contribution in [1.82, 2.24) is 14.0 Å². The van der Waals surface area contributed by atoms with E-state index >= 15 is 0 Å². The minimum absolute atomic E-state index is 0. The first-order valence-electron chi connectivity index (χ1n) is 20.8. The molecule has 60 heavy (non-hydrogen) atoms. The lowest BCUT2D eigenvalue weighted by Gasteiger charge is -2.26. The molecule has 0 aliphatic carbocycles. The Morgan fingerprint density at radius 2 is 0.667 bits per heavy atom. The molecule has 9 nitrogen and oxygen atoms in total. The summed E-state index contributed by atoms with van der Waals surface area (Å²) < 4.78 is 7.66. The zero-order valence-corrected chi connectivity index (χ0v) is 45.6. The molecule has 3 aliphatic heterocycles. The van der Waals surface area contributed by atoms with E-state index < -0.39 is 0 Å². The second-order valence-corrected chi connectivity index (χ2v) is 22.2. The number of piperidine rings is 3. The Morgan fingerprint density at radius 3 is 0.900 bits per heavy atom. The number of nitrogen functional groups attached to an aromatic ring is 3. The highest BCUT2D eigenvalue weighted by Crippen LogP contribution is 2.32. The molecule has 3 saturated heterocycles. The summed E-state index contributed by atoms with van der Waals surface area (Å²) in [6.45, 7) is 8.15. The SMILES string of the molecule is Br.Br.Br.Nc1ccc(PN2CCCCC2)cc1SCCCO.Nc1ccc(PN2CCCCC2)cc1SCCCO.Nc1ccc(PN2CCCCC2)cc1SCCCO. The molecule has 3 heterocycles. The average Bonchev–Trinajstić information content (AvgIpc) is 3.23. The third-order valence-corrected chi connectivity index (χ3v) is 17.1. The van der Waals surface area contributed by atoms with Gasteiger partial charge in [0.15, 0.2) is 0 Å². The maximum atomic E-state index is 8.83. The molecule has 0 amide bonds. The first-order chi connectivity index (χ1) is 27.9. The van der Waals surface area contributed by atoms with Crippen LogP contribution >= 0.6 is 112 Å². The number of benzene rings is 3. The number of hydrogen-bond donors (Lipinski definition) is 6. The maximum Gasteiger partial charge on any atom is 0.0452 e. The molecule has 18 heteroatoms. The van der Waals surface area contributed by atoms with E-state index in [-0.39, 0.29) is 70.8 Å². The predicted molar refractivity (Wildman–Crippen MR) is 291 cm³/mol. The number of hydrogen-bond acceptors (Lipinski definition) is 12. The highest BCUT2D eigenvalue weighted by Gasteiger charge is 2.14. The van der Waals surface area contributed by atoms with Gasteiger partial charge in [-0.3, -0.25) is 14.0 Å². The van der Waals surface area contributed by atoms with Gasteiger partial charge in [0.2, 0.25) is 0 Å². The summed E-state index contributed by atoms with van der Waals surface area (Å²) in [6, 6.07) is 19.2. The molecule has 0 radical (unpaired) electrons. The standard InChI is InChI=1S/3C14H23N2OPS.3BrH/c3*15-13-6-5-12(11-14(13)19-10-4-9-17)18-16-7-2-1-3-8-16;;;/h3*5-6,11,17-18H,1-4,7-10,15H2;3*1H. The Hall–Kier alpha value is 0.600. The Morgan fingerprint density at radius 1 is 0.417 bits per heavy atom. The molecule has 3 aromatic rings. The van der Waals surface area contributed by atoms with Crippen molar-refractivity contribution in [3.05, 3.63) is 54.6 Å². The number of halogens is 3. The van der Waals surface area contributed by atoms with Crippen LogP contribution in [0.1, 0.15) is 77.0 Å². The Labute approximate surface area is 411 Å². The molecular formula is C42H72Br3N6O3P3S3. The van der Waals surface area contributed by atoms with Gasteiger partial charge in [-0.05, 0) is 136 Å². The zero-order valence-electron chi connectivity index (χ0n) is 35.0. The normalized spacial score (nSPS) is 16.4. The van der Waals surface area contributed by atoms with E-state index in [1.165, 1.54) is 113 Å². The van der Waals surface area contributed by atoms with E-state index in [1.54, 1.807) is 35.3 Å². The lowest BCUT2D eigenvalue weighted by atomic mass is 10.2. The topological polar surface area (TPSA) is 148 Å². The quantitative estimate of drug-likeness (QED) is 0.0313. The number of rotatable bonds is 18. The van der Waals surface area contributed by atoms with Crippen LogP contribution in [0, 0.1) is 0 Å². The van der Waals surface area contributed by atoms with Crippen LogP contribution in [0.2, 0.25) is 0 Å². The molecule has 0 spiro atoms. The van der Waals surface area contributed by atoms with Gasteiger partial charge in [-0.1, -0.05) is 37.5 Å². The molecule has 6 rings (SSSR count). The van der Waals surface area contributed by atoms with Crippen molar-refractivity contribution >= 4 is 145 Å². The van der Waals surface area contributed by atoms with Crippen LogP contribution in [0.5, 0.6) is 0 Å². The van der Waals surface area contributed by atoms with E-state index in [0.717, 1.165) is 94.5 Å². The highest BCUT2D eigenvalue weighted by atomic mass is 79.9. The summed E-state index contributed by atoms with van der Waals surface area (Å²) in [5, 5.41) is 30.6. The van der Waals surface area contributed by atoms with E-state index in [4.69, 9.17) is 32.5 Å². The van der Waals surface area contributed by atoms with Crippen LogP contribution in [0.4, 0.5) is 17.1 Å². The second-order valence-electron chi connectivity index (χ2n) is 14.5. The van der Waals surface area contributed by atoms with Crippen molar-refractivity contribution in [3.8, 4) is 0 Å². The molecule has 3 atom stereocenters. The summed E-state index contributed by atoms with van der Waals surface area (Å²) in [5.41, 5.74) is 20.6. The largest absolute Gasteiger partial charge is 0.398 e. The fraction of sp³-hybridized carbons (Fsp3) is 0.571. The minimum atomic E-state index is 0. The van der Waals surface area contributed by atoms with Crippen LogP contribution in [0.15, 0.2) is 69.3 Å². The first-order valence-corrected chi connectivity index (χ1v) is 26.6. The summed E-state index contributed by atoms with van der Waals surface area (Å²) in [7, 11) is 2.30. The van der Waals surface area contributed by atoms with Crippen molar-refractivity contribution in [1.29, 1.82) is 0 Å². The summed E-state index contributed by atoms with van der Waals surface area (Å²) >= 11 is 5.25. The van der Waals surface area contributed by atoms with Crippen molar-refractivity contribution in [2.75, 3.05) is 93.5 Å². The molecule has 0 saturated carbocycles. The number of nitrogens with zero attached hydrogens (tertiary/aromatic N) is 3. The van der Waals surface area contributed by atoms with Gasteiger partial charge in [0.25, 0.3) is 0 Å². The van der Waals surface area contributed by atoms with E-state index in [2.05, 4.69) is 50.4 Å². The fourth-order valence-corrected chi connectivity index (χ4v) is 13.4. The molecular weight excluding hydrogens is 1070 g/mol. The van der Waals surface area contributed by atoms with Crippen LogP contribution in [0.3, 0.4) is 0 Å². The van der Waals surface area contributed by atoms with Gasteiger partial charge >= 0.3 is 0 Å². The number of aliphatic hydroxyl groups excluding tert-OH is 3. The predicted octanol–water partition coefficient (Wildman–Crippen LogP) is 9.08. The van der Waals surface area contributed by atoms with Crippen molar-refractivity contribution in [2.24, 2.45) is 0 Å². The van der Waals surface area contributed by atoms with Gasteiger partial charge in [-0.25, -0.2) is 0 Å². The lowest BCUT2D eigenvalue weighted by Crippen LogP contribution is -2.24. The van der Waals surface area contributed by atoms with Gasteiger partial charge in [0.1, 0.15) is 0 Å². The Balaban J connectivity index is 0.000000439. The van der Waals surface area contributed by atoms with Crippen LogP contribution < -0.4 is 33.1 Å². The van der Waals surface area contributed by atoms with Crippen molar-refractivity contribution < 1.29 is 15.3 Å². The van der Waals surface area contributed by atoms with Crippen LogP contribution in [0.25, 0.3) is 0 Å². The summed E-state index contributed by atoms with van der Waals surface area (Å²) in [5.74, 6) is 2.78. The third-order valence-electron chi connectivity index (χ3n) is 9.65. The number of anilines is 3. The van der Waals surface area contributed by atoms with Crippen molar-refractivity contribution in [3.63, 3.8) is 0 Å². The Kier molecular flexibility index (Phi) is 35.0. The van der Waals surface area contributed by atoms with Gasteiger partial charge in [0, 0.05) is 108 Å². The van der Waals surface area contributed by atoms with Gasteiger partial charge in [0.05, 0.1) is 0 Å². The molecule has 3 aromatic carbocycles. The average molecular weight is 1140 g/mol. The molecule has 0 aromatic heterocycles. The number of nitrogens with two attached hydrogens (primary N) is 3. The van der Waals surface area contributed by atoms with E-state index in [0.29, 0.717) is 0 Å². The first kappa shape index (κ1) is 58.6. The van der Waals surface area contributed by atoms with Gasteiger partial charge in [-0.15, -0.1) is 86.2 Å². The molecule has 3 aliphatic rings. The summed E-state index contributed by atoms with van der Waals surface area (Å²) in [6.07, 6.45) is 14.6. The summed E-state index contributed by atoms with van der Waals surface area (Å²) in [4.78, 5) is 3.49. The monoisotopic (exact) mass is 1130 g/mol. The Bertz CT molecular complexity index is 1390. The van der Waals surface area contributed by atoms with Crippen molar-refractivity contribution in [2.45, 2.75) is 91.7 Å². The highest BCUT2D eigenvalue weighted by molar-refractivity contribution is 8.93. The van der Waals surface area contributed by atoms with Gasteiger partial charge < -0.3 is 32.5 Å². The van der Waals surface area contributed by atoms with Crippen LogP contribution in [-0.4, -0.2) is 106 Å². The molecule has 9 N–H and O–H groups in total. The minimum Gasteiger partial charge on any atom is -0.398 e. The third kappa shape index (κ3) is 23.7. The van der Waals surface area contributed by atoms with Crippen LogP contribution in [-0.2, 0) is 0 Å².